The van der Waals surface area contributed by atoms with Crippen LogP contribution in [0.4, 0.5) is 0 Å². The Morgan fingerprint density at radius 1 is 1.36 bits per heavy atom. The summed E-state index contributed by atoms with van der Waals surface area (Å²) >= 11 is 5.87. The van der Waals surface area contributed by atoms with Crippen LogP contribution >= 0.6 is 11.6 Å². The Labute approximate surface area is 126 Å². The maximum absolute atomic E-state index is 9.52. The Hall–Kier alpha value is -3.47. The summed E-state index contributed by atoms with van der Waals surface area (Å²) in [5, 5.41) is 10.4. The van der Waals surface area contributed by atoms with Crippen LogP contribution in [0.1, 0.15) is 5.56 Å². The van der Waals surface area contributed by atoms with Gasteiger partial charge in [-0.1, -0.05) is 17.7 Å². The average molecular weight is 564 g/mol. The van der Waals surface area contributed by atoms with E-state index in [4.69, 9.17) is 16.7 Å². The number of aromatic nitrogens is 2. The molecule has 1 aromatic carbocycles. The van der Waals surface area contributed by atoms with Gasteiger partial charge in [-0.2, -0.15) is 6.41 Å². The number of amides is 1. The Kier molecular flexibility index (Phi) is 7.95. The molecule has 22 heavy (non-hydrogen) atoms. The van der Waals surface area contributed by atoms with Gasteiger partial charge in [-0.15, -0.1) is 0 Å². The van der Waals surface area contributed by atoms with Crippen LogP contribution in [0, 0.1) is 6.92 Å². The second kappa shape index (κ2) is 9.44. The molecule has 6 nitrogen and oxygen atoms in total. The molecule has 0 saturated carbocycles. The van der Waals surface area contributed by atoms with Gasteiger partial charge in [0.15, 0.2) is 0 Å². The van der Waals surface area contributed by atoms with Crippen molar-refractivity contribution in [2.24, 2.45) is 0 Å². The molecular weight excluding hydrogens is 551 g/mol. The number of hydrogen-bond donors (Lipinski definition) is 2. The van der Waals surface area contributed by atoms with E-state index in [1.807, 2.05) is 30.4 Å². The van der Waals surface area contributed by atoms with Crippen molar-refractivity contribution in [2.45, 2.75) is 6.92 Å². The van der Waals surface area contributed by atoms with Crippen LogP contribution in [-0.2, 0) is 9.59 Å². The first kappa shape index (κ1) is 18.5. The van der Waals surface area contributed by atoms with Gasteiger partial charge in [0.2, 0.25) is 0 Å². The maximum atomic E-state index is 9.52. The number of carboxylic acids is 1. The molecule has 1 aromatic heterocycles. The standard InChI is InChI=1S/C11H9ClN2.C3H4NO3.Fm/c1-8-4-10(12)2-3-11(8)9-5-13-7-14-6-9;5-2-4-1-3(6)7;/h2-7H,1H3;1H2,(H,4,5)(H,6,7);/q;-1;. The number of aryl methyl sites for hydroxylation is 1. The van der Waals surface area contributed by atoms with Gasteiger partial charge in [0.05, 0.1) is 6.54 Å². The Morgan fingerprint density at radius 2 is 2.00 bits per heavy atom. The SMILES string of the molecule is Cc1cc(Cl)ccc1-c1cncnc1.O=[C-]NCC(=O)O.[Fm]. The van der Waals surface area contributed by atoms with E-state index in [9.17, 15) is 9.59 Å². The van der Waals surface area contributed by atoms with Gasteiger partial charge >= 0.3 is 5.97 Å². The van der Waals surface area contributed by atoms with E-state index in [1.54, 1.807) is 12.4 Å². The summed E-state index contributed by atoms with van der Waals surface area (Å²) in [4.78, 5) is 26.7. The van der Waals surface area contributed by atoms with Crippen molar-refractivity contribution in [2.75, 3.05) is 6.54 Å². The van der Waals surface area contributed by atoms with Gasteiger partial charge in [0, 0.05) is 23.0 Å². The molecule has 0 unspecified atom stereocenters. The zero-order valence-corrected chi connectivity index (χ0v) is 14.7. The molecule has 0 spiro atoms. The molecule has 1 heterocycles. The van der Waals surface area contributed by atoms with Crippen LogP contribution in [0.25, 0.3) is 11.1 Å². The third kappa shape index (κ3) is 6.12. The first-order valence-corrected chi connectivity index (χ1v) is 6.25. The van der Waals surface area contributed by atoms with Crippen molar-refractivity contribution in [3.63, 3.8) is 0 Å². The predicted octanol–water partition coefficient (Wildman–Crippen LogP) is 1.83. The molecule has 0 fully saturated rings. The number of carbonyl (C=O) groups excluding carboxylic acids is 1. The summed E-state index contributed by atoms with van der Waals surface area (Å²) in [6.07, 6.45) is 6.33. The van der Waals surface area contributed by atoms with Crippen molar-refractivity contribution < 1.29 is 14.7 Å². The molecule has 0 aliphatic heterocycles. The average Bonchev–Trinajstić information content (AvgIpc) is 2.46. The van der Waals surface area contributed by atoms with Gasteiger partial charge in [-0.05, 0) is 30.2 Å². The topological polar surface area (TPSA) is 92.2 Å². The van der Waals surface area contributed by atoms with E-state index in [2.05, 4.69) is 9.97 Å². The maximum Gasteiger partial charge on any atom is 0.320 e. The molecule has 2 N–H and O–H groups in total. The van der Waals surface area contributed by atoms with Gasteiger partial charge in [-0.25, -0.2) is 9.97 Å². The number of hydrogen-bond acceptors (Lipinski definition) is 4. The Balaban J connectivity index is 0.000000478. The fourth-order valence-corrected chi connectivity index (χ4v) is 1.73. The van der Waals surface area contributed by atoms with Crippen LogP contribution in [0.15, 0.2) is 36.9 Å². The van der Waals surface area contributed by atoms with E-state index in [1.165, 1.54) is 12.7 Å². The minimum Gasteiger partial charge on any atom is -0.521 e. The first-order valence-electron chi connectivity index (χ1n) is 5.88. The molecule has 0 saturated heterocycles. The fraction of sp³-hybridized carbons (Fsp3) is 0.143. The van der Waals surface area contributed by atoms with Crippen LogP contribution in [0.3, 0.4) is 0 Å². The molecular formula is C14H13ClFmN3O3-. The molecule has 0 atom stereocenters. The minimum atomic E-state index is -1.07. The number of benzene rings is 1. The number of nitrogens with zero attached hydrogens (tertiary/aromatic N) is 2. The van der Waals surface area contributed by atoms with E-state index in [0.717, 1.165) is 21.7 Å². The van der Waals surface area contributed by atoms with Crippen LogP contribution in [-0.4, -0.2) is 34.0 Å². The molecule has 0 aliphatic rings. The van der Waals surface area contributed by atoms with E-state index in [0.29, 0.717) is 0 Å². The smallest absolute Gasteiger partial charge is 0.320 e. The zero-order valence-electron chi connectivity index (χ0n) is 11.5. The van der Waals surface area contributed by atoms with E-state index >= 15 is 0 Å². The molecule has 2 aromatic rings. The summed E-state index contributed by atoms with van der Waals surface area (Å²) in [6, 6.07) is 5.79. The van der Waals surface area contributed by atoms with Gasteiger partial charge in [0.1, 0.15) is 6.33 Å². The third-order valence-corrected chi connectivity index (χ3v) is 2.61. The van der Waals surface area contributed by atoms with Gasteiger partial charge in [-0.3, -0.25) is 4.79 Å². The number of halogens is 1. The molecule has 0 aliphatic carbocycles. The van der Waals surface area contributed by atoms with Crippen LogP contribution in [0.2, 0.25) is 5.02 Å². The van der Waals surface area contributed by atoms with E-state index < -0.39 is 5.97 Å². The molecule has 0 bridgehead atoms. The summed E-state index contributed by atoms with van der Waals surface area (Å²) in [5.41, 5.74) is 3.27. The number of carboxylic acid groups (broad SMARTS) is 1. The van der Waals surface area contributed by atoms with Gasteiger partial charge < -0.3 is 15.2 Å². The Bertz CT molecular complexity index is 612. The third-order valence-electron chi connectivity index (χ3n) is 2.37. The summed E-state index contributed by atoms with van der Waals surface area (Å²) < 4.78 is 0. The minimum absolute atomic E-state index is 0. The van der Waals surface area contributed by atoms with Crippen LogP contribution < -0.4 is 5.32 Å². The number of carbonyl (C=O) groups is 1. The summed E-state index contributed by atoms with van der Waals surface area (Å²) in [7, 11) is 0. The predicted molar refractivity (Wildman–Crippen MR) is 78.5 cm³/mol. The molecule has 2 rings (SSSR count). The van der Waals surface area contributed by atoms with Crippen molar-refractivity contribution in [3.05, 3.63) is 47.5 Å². The molecule has 0 radical (unpaired) electrons. The largest absolute Gasteiger partial charge is 0.521 e. The second-order valence-electron chi connectivity index (χ2n) is 3.94. The molecule has 122 valence electrons. The quantitative estimate of drug-likeness (QED) is 0.438. The fourth-order valence-electron chi connectivity index (χ4n) is 1.50. The summed E-state index contributed by atoms with van der Waals surface area (Å²) in [5.74, 6) is -1.07. The number of nitrogens with one attached hydrogen (secondary N) is 1. The van der Waals surface area contributed by atoms with Gasteiger partial charge in [0.25, 0.3) is 0 Å². The van der Waals surface area contributed by atoms with Crippen molar-refractivity contribution in [1.29, 1.82) is 0 Å². The normalized spacial score (nSPS) is 8.82. The van der Waals surface area contributed by atoms with E-state index in [-0.39, 0.29) is 6.54 Å². The van der Waals surface area contributed by atoms with Crippen LogP contribution in [0.5, 0.6) is 0 Å². The Morgan fingerprint density at radius 3 is 2.45 bits per heavy atom. The van der Waals surface area contributed by atoms with Crippen molar-refractivity contribution in [3.8, 4) is 11.1 Å². The number of aliphatic carboxylic acids is 1. The zero-order chi connectivity index (χ0) is 15.7. The van der Waals surface area contributed by atoms with Crippen molar-refractivity contribution >= 4 is 24.0 Å². The monoisotopic (exact) mass is 563 g/mol. The first-order chi connectivity index (χ1) is 10.0. The second-order valence-corrected chi connectivity index (χ2v) is 4.37. The number of rotatable bonds is 4. The summed E-state index contributed by atoms with van der Waals surface area (Å²) in [6.45, 7) is 1.66. The molecule has 8 heteroatoms. The molecule has 1 amide bonds. The van der Waals surface area contributed by atoms with Crippen molar-refractivity contribution in [1.82, 2.24) is 15.3 Å².